The molecule has 5 aromatic carbocycles. The van der Waals surface area contributed by atoms with E-state index in [1.54, 1.807) is 22.3 Å². The highest BCUT2D eigenvalue weighted by atomic mass is 16.8. The molecule has 0 N–H and O–H groups in total. The molecule has 10 heteroatoms. The van der Waals surface area contributed by atoms with Gasteiger partial charge in [0.25, 0.3) is 0 Å². The highest BCUT2D eigenvalue weighted by Gasteiger charge is 2.82. The fraction of sp³-hybridized carbons (Fsp3) is 0.575. The van der Waals surface area contributed by atoms with Crippen molar-refractivity contribution >= 4 is 0 Å². The van der Waals surface area contributed by atoms with Gasteiger partial charge < -0.3 is 47.4 Å². The molecule has 5 aromatic rings. The van der Waals surface area contributed by atoms with Crippen molar-refractivity contribution in [1.82, 2.24) is 0 Å². The fourth-order valence-corrected chi connectivity index (χ4v) is 23.5. The Morgan fingerprint density at radius 2 is 0.389 bits per heavy atom. The largest absolute Gasteiger partial charge is 0.344 e. The Bertz CT molecular complexity index is 3480. The zero-order valence-corrected chi connectivity index (χ0v) is 56.1. The van der Waals surface area contributed by atoms with Gasteiger partial charge in [0.05, 0.1) is 66.1 Å². The molecule has 10 nitrogen and oxygen atoms in total. The summed E-state index contributed by atoms with van der Waals surface area (Å²) in [7, 11) is 0. The summed E-state index contributed by atoms with van der Waals surface area (Å²) in [6, 6.07) is 48.8. The van der Waals surface area contributed by atoms with E-state index in [1.165, 1.54) is 27.8 Å². The van der Waals surface area contributed by atoms with Gasteiger partial charge in [0.15, 0.2) is 28.9 Å². The first-order chi connectivity index (χ1) is 43.0. The third-order valence-electron chi connectivity index (χ3n) is 28.2. The van der Waals surface area contributed by atoms with Crippen LogP contribution >= 0.6 is 0 Å². The SMILES string of the molecule is CC1[C@@H](C)C2(c3ccc(C4(C)OCCO4)cc3)C3C4=C5C6=C3C(c3ccc(C7(C)OCCO7)cc3)(C(C)C2C)[C@@H](C)C(C)C6(c2ccc(C3(C)OCCO3)cc2)[C@@H](C)C(C)C5(c2ccc(C3(C)OCCO3)cc2)[C@@H](C)[C@@H](C)C41c1ccc(C2(C)OCCO2)cc1. The molecular formula is C80H96O10. The van der Waals surface area contributed by atoms with E-state index in [9.17, 15) is 0 Å². The van der Waals surface area contributed by atoms with Crippen LogP contribution in [0.4, 0.5) is 0 Å². The van der Waals surface area contributed by atoms with Crippen LogP contribution in [0.15, 0.2) is 144 Å². The zero-order chi connectivity index (χ0) is 62.7. The van der Waals surface area contributed by atoms with E-state index in [4.69, 9.17) is 47.4 Å². The highest BCUT2D eigenvalue weighted by molar-refractivity contribution is 5.78. The van der Waals surface area contributed by atoms with Crippen LogP contribution in [-0.2, 0) is 103 Å². The number of ether oxygens (including phenoxy) is 10. The van der Waals surface area contributed by atoms with Crippen molar-refractivity contribution in [3.05, 3.63) is 199 Å². The van der Waals surface area contributed by atoms with Crippen molar-refractivity contribution in [2.24, 2.45) is 65.1 Å². The monoisotopic (exact) mass is 1220 g/mol. The molecule has 0 spiro atoms. The van der Waals surface area contributed by atoms with Gasteiger partial charge in [-0.1, -0.05) is 191 Å². The summed E-state index contributed by atoms with van der Waals surface area (Å²) in [5.74, 6) is -2.38. The van der Waals surface area contributed by atoms with E-state index in [2.05, 4.69) is 225 Å². The lowest BCUT2D eigenvalue weighted by Crippen LogP contribution is -2.70. The molecule has 0 radical (unpaired) electrons. The van der Waals surface area contributed by atoms with E-state index >= 15 is 0 Å². The van der Waals surface area contributed by atoms with Gasteiger partial charge in [0.2, 0.25) is 0 Å². The zero-order valence-electron chi connectivity index (χ0n) is 56.1. The first-order valence-electron chi connectivity index (χ1n) is 34.5. The molecule has 5 heterocycles. The van der Waals surface area contributed by atoms with Crippen LogP contribution in [0.1, 0.15) is 159 Å². The molecule has 8 fully saturated rings. The van der Waals surface area contributed by atoms with Crippen LogP contribution < -0.4 is 0 Å². The topological polar surface area (TPSA) is 92.3 Å². The standard InChI is InChI=1S/C80H96O10/c1-46-47(2)77(62-28-18-57(19-29-62)72(12)83-38-39-84-72)50(5)51(6)79(64-32-22-59(23-33-64)74(14)87-42-43-88-74)54(9)55(10)80(65-34-24-60(25-35-65)75(15)89-44-45-90-75)53(8)52(7)78(63-30-20-58(21-31-63)73(13)85-40-41-86-73)49(4)48(3)76(46,66-67(77)69(79)70(80)68(66)78)61-26-16-56(17-27-61)71(11)81-36-37-82-71/h16-35,46-55,66H,36-45H2,1-15H3/t46-,47?,48?,49?,50-,51+,52+,53?,54?,55+,66?,76?,77?,78?,79?,80?/m1/s1. The van der Waals surface area contributed by atoms with Gasteiger partial charge in [0, 0.05) is 60.8 Å². The first-order valence-corrected chi connectivity index (χ1v) is 34.5. The van der Waals surface area contributed by atoms with Crippen LogP contribution in [0.25, 0.3) is 0 Å². The molecule has 476 valence electrons. The maximum atomic E-state index is 6.44. The van der Waals surface area contributed by atoms with Crippen LogP contribution in [0.2, 0.25) is 0 Å². The summed E-state index contributed by atoms with van der Waals surface area (Å²) in [5.41, 5.74) is 16.7. The maximum absolute atomic E-state index is 6.44. The normalized spacial score (nSPS) is 40.4. The second-order valence-electron chi connectivity index (χ2n) is 30.4. The van der Waals surface area contributed by atoms with E-state index in [0.717, 1.165) is 27.8 Å². The van der Waals surface area contributed by atoms with Gasteiger partial charge >= 0.3 is 0 Å². The minimum absolute atomic E-state index is 0.0178. The smallest absolute Gasteiger partial charge is 0.192 e. The summed E-state index contributed by atoms with van der Waals surface area (Å²) in [6.07, 6.45) is 0. The lowest BCUT2D eigenvalue weighted by atomic mass is 9.30. The van der Waals surface area contributed by atoms with Crippen LogP contribution in [0, 0.1) is 65.1 Å². The van der Waals surface area contributed by atoms with Gasteiger partial charge in [-0.3, -0.25) is 0 Å². The molecule has 16 rings (SSSR count). The molecular weight excluding hydrogens is 1120 g/mol. The Labute approximate surface area is 535 Å². The van der Waals surface area contributed by atoms with E-state index in [0.29, 0.717) is 66.1 Å². The number of allylic oxidation sites excluding steroid dienone is 4. The van der Waals surface area contributed by atoms with Crippen molar-refractivity contribution in [3.8, 4) is 0 Å². The molecule has 6 aliphatic carbocycles. The van der Waals surface area contributed by atoms with Crippen molar-refractivity contribution in [2.75, 3.05) is 66.1 Å². The molecule has 16 atom stereocenters. The second kappa shape index (κ2) is 20.1. The molecule has 90 heavy (non-hydrogen) atoms. The molecule has 0 amide bonds. The third-order valence-corrected chi connectivity index (χ3v) is 28.2. The quantitative estimate of drug-likeness (QED) is 0.135. The molecule has 0 bridgehead atoms. The second-order valence-corrected chi connectivity index (χ2v) is 30.4. The number of rotatable bonds is 10. The summed E-state index contributed by atoms with van der Waals surface area (Å²) in [5, 5.41) is 0. The highest BCUT2D eigenvalue weighted by Crippen LogP contribution is 2.86. The third kappa shape index (κ3) is 7.16. The van der Waals surface area contributed by atoms with Crippen LogP contribution in [0.5, 0.6) is 0 Å². The molecule has 3 saturated carbocycles. The summed E-state index contributed by atoms with van der Waals surface area (Å²) in [4.78, 5) is 0. The first kappa shape index (κ1) is 60.1. The fourth-order valence-electron chi connectivity index (χ4n) is 23.5. The predicted molar refractivity (Wildman–Crippen MR) is 346 cm³/mol. The predicted octanol–water partition coefficient (Wildman–Crippen LogP) is 15.4. The van der Waals surface area contributed by atoms with Crippen molar-refractivity contribution in [3.63, 3.8) is 0 Å². The van der Waals surface area contributed by atoms with Crippen LogP contribution in [0.3, 0.4) is 0 Å². The lowest BCUT2D eigenvalue weighted by molar-refractivity contribution is -0.150. The molecule has 11 unspecified atom stereocenters. The Balaban J connectivity index is 1.07. The Morgan fingerprint density at radius 3 is 0.611 bits per heavy atom. The minimum Gasteiger partial charge on any atom is -0.344 e. The molecule has 5 saturated heterocycles. The molecule has 0 aromatic heterocycles. The molecule has 11 aliphatic rings. The number of hydrogen-bond donors (Lipinski definition) is 0. The van der Waals surface area contributed by atoms with E-state index in [1.807, 2.05) is 0 Å². The minimum atomic E-state index is -0.816. The van der Waals surface area contributed by atoms with E-state index in [-0.39, 0.29) is 65.1 Å². The Kier molecular flexibility index (Phi) is 13.4. The summed E-state index contributed by atoms with van der Waals surface area (Å²) < 4.78 is 64.4. The summed E-state index contributed by atoms with van der Waals surface area (Å²) in [6.45, 7) is 43.0. The molecule has 5 aliphatic heterocycles. The van der Waals surface area contributed by atoms with Crippen molar-refractivity contribution in [2.45, 2.75) is 160 Å². The van der Waals surface area contributed by atoms with Crippen LogP contribution in [-0.4, -0.2) is 66.1 Å². The average Bonchev–Trinajstić information content (AvgIpc) is 1.40. The average molecular weight is 1220 g/mol. The van der Waals surface area contributed by atoms with E-state index < -0.39 is 56.0 Å². The van der Waals surface area contributed by atoms with Crippen molar-refractivity contribution in [1.29, 1.82) is 0 Å². The maximum Gasteiger partial charge on any atom is 0.192 e. The van der Waals surface area contributed by atoms with Gasteiger partial charge in [-0.2, -0.15) is 0 Å². The van der Waals surface area contributed by atoms with Crippen molar-refractivity contribution < 1.29 is 47.4 Å². The number of hydrogen-bond acceptors (Lipinski definition) is 10. The Morgan fingerprint density at radius 1 is 0.222 bits per heavy atom. The van der Waals surface area contributed by atoms with Gasteiger partial charge in [-0.25, -0.2) is 0 Å². The number of benzene rings is 5. The Hall–Kier alpha value is -4.82. The lowest BCUT2D eigenvalue weighted by Gasteiger charge is -2.72. The van der Waals surface area contributed by atoms with Gasteiger partial charge in [0.1, 0.15) is 0 Å². The summed E-state index contributed by atoms with van der Waals surface area (Å²) >= 11 is 0. The van der Waals surface area contributed by atoms with Gasteiger partial charge in [-0.05, 0) is 144 Å². The van der Waals surface area contributed by atoms with Gasteiger partial charge in [-0.15, -0.1) is 0 Å².